The zero-order valence-electron chi connectivity index (χ0n) is 15.1. The lowest BCUT2D eigenvalue weighted by Gasteiger charge is -2.28. The predicted octanol–water partition coefficient (Wildman–Crippen LogP) is 3.26. The third kappa shape index (κ3) is 3.90. The molecule has 1 heterocycles. The molecule has 26 heavy (non-hydrogen) atoms. The quantitative estimate of drug-likeness (QED) is 0.799. The Balaban J connectivity index is 1.48. The number of rotatable bonds is 7. The van der Waals surface area contributed by atoms with Crippen molar-refractivity contribution in [3.8, 4) is 5.75 Å². The van der Waals surface area contributed by atoms with Crippen molar-refractivity contribution in [3.63, 3.8) is 0 Å². The minimum Gasteiger partial charge on any atom is -0.496 e. The molecule has 1 saturated carbocycles. The second kappa shape index (κ2) is 7.74. The average Bonchev–Trinajstić information content (AvgIpc) is 3.42. The molecule has 2 aromatic carbocycles. The van der Waals surface area contributed by atoms with Gasteiger partial charge in [-0.2, -0.15) is 0 Å². The molecule has 2 unspecified atom stereocenters. The summed E-state index contributed by atoms with van der Waals surface area (Å²) in [5.41, 5.74) is 9.03. The van der Waals surface area contributed by atoms with Crippen molar-refractivity contribution in [2.75, 3.05) is 20.2 Å². The van der Waals surface area contributed by atoms with E-state index in [9.17, 15) is 4.39 Å². The van der Waals surface area contributed by atoms with Gasteiger partial charge in [-0.15, -0.1) is 0 Å². The van der Waals surface area contributed by atoms with E-state index in [1.807, 2.05) is 24.3 Å². The maximum absolute atomic E-state index is 13.3. The third-order valence-electron chi connectivity index (χ3n) is 5.42. The molecule has 4 nitrogen and oxygen atoms in total. The van der Waals surface area contributed by atoms with E-state index in [0.717, 1.165) is 30.9 Å². The molecule has 1 aliphatic carbocycles. The number of hydrazine groups is 1. The van der Waals surface area contributed by atoms with Crippen LogP contribution in [0, 0.1) is 11.7 Å². The Morgan fingerprint density at radius 1 is 1.12 bits per heavy atom. The molecule has 2 aromatic rings. The van der Waals surface area contributed by atoms with Gasteiger partial charge >= 0.3 is 0 Å². The SMILES string of the molecule is COc1ccccc1CN(CC1CNNC1c1ccc(F)cc1)C1CC1. The number of nitrogens with one attached hydrogen (secondary N) is 2. The van der Waals surface area contributed by atoms with Gasteiger partial charge in [0.1, 0.15) is 11.6 Å². The number of methoxy groups -OCH3 is 1. The summed E-state index contributed by atoms with van der Waals surface area (Å²) in [5.74, 6) is 1.21. The van der Waals surface area contributed by atoms with Crippen LogP contribution in [-0.4, -0.2) is 31.1 Å². The molecule has 1 aliphatic heterocycles. The molecule has 2 fully saturated rings. The fourth-order valence-electron chi connectivity index (χ4n) is 3.87. The Morgan fingerprint density at radius 3 is 2.62 bits per heavy atom. The molecule has 0 aromatic heterocycles. The van der Waals surface area contributed by atoms with Gasteiger partial charge in [0.15, 0.2) is 0 Å². The zero-order valence-corrected chi connectivity index (χ0v) is 15.1. The van der Waals surface area contributed by atoms with E-state index in [1.54, 1.807) is 19.2 Å². The molecule has 1 saturated heterocycles. The van der Waals surface area contributed by atoms with Crippen LogP contribution in [0.15, 0.2) is 48.5 Å². The lowest BCUT2D eigenvalue weighted by atomic mass is 9.94. The van der Waals surface area contributed by atoms with E-state index in [2.05, 4.69) is 27.9 Å². The van der Waals surface area contributed by atoms with Crippen molar-refractivity contribution >= 4 is 0 Å². The van der Waals surface area contributed by atoms with Crippen LogP contribution in [0.25, 0.3) is 0 Å². The van der Waals surface area contributed by atoms with Crippen LogP contribution in [0.1, 0.15) is 30.0 Å². The zero-order chi connectivity index (χ0) is 17.9. The number of halogens is 1. The summed E-state index contributed by atoms with van der Waals surface area (Å²) in [6, 6.07) is 16.0. The van der Waals surface area contributed by atoms with Crippen LogP contribution < -0.4 is 15.6 Å². The van der Waals surface area contributed by atoms with Gasteiger partial charge in [0.25, 0.3) is 0 Å². The minimum atomic E-state index is -0.188. The predicted molar refractivity (Wildman–Crippen MR) is 100 cm³/mol. The Morgan fingerprint density at radius 2 is 1.88 bits per heavy atom. The molecule has 2 N–H and O–H groups in total. The van der Waals surface area contributed by atoms with Gasteiger partial charge in [0.2, 0.25) is 0 Å². The van der Waals surface area contributed by atoms with Gasteiger partial charge < -0.3 is 4.74 Å². The first kappa shape index (κ1) is 17.5. The van der Waals surface area contributed by atoms with Gasteiger partial charge in [0.05, 0.1) is 13.2 Å². The van der Waals surface area contributed by atoms with E-state index in [1.165, 1.54) is 18.4 Å². The molecular formula is C21H26FN3O. The molecule has 0 spiro atoms. The van der Waals surface area contributed by atoms with Crippen LogP contribution in [0.2, 0.25) is 0 Å². The largest absolute Gasteiger partial charge is 0.496 e. The van der Waals surface area contributed by atoms with Crippen molar-refractivity contribution < 1.29 is 9.13 Å². The van der Waals surface area contributed by atoms with Crippen LogP contribution in [0.5, 0.6) is 5.75 Å². The fourth-order valence-corrected chi connectivity index (χ4v) is 3.87. The van der Waals surface area contributed by atoms with E-state index >= 15 is 0 Å². The van der Waals surface area contributed by atoms with Crippen molar-refractivity contribution in [1.29, 1.82) is 0 Å². The second-order valence-electron chi connectivity index (χ2n) is 7.29. The first-order valence-electron chi connectivity index (χ1n) is 9.34. The molecule has 0 amide bonds. The molecule has 5 heteroatoms. The number of benzene rings is 2. The van der Waals surface area contributed by atoms with Crippen LogP contribution >= 0.6 is 0 Å². The Labute approximate surface area is 154 Å². The van der Waals surface area contributed by atoms with E-state index < -0.39 is 0 Å². The fraction of sp³-hybridized carbons (Fsp3) is 0.429. The van der Waals surface area contributed by atoms with E-state index in [0.29, 0.717) is 12.0 Å². The molecule has 2 aliphatic rings. The normalized spacial score (nSPS) is 22.7. The highest BCUT2D eigenvalue weighted by atomic mass is 19.1. The summed E-state index contributed by atoms with van der Waals surface area (Å²) < 4.78 is 18.8. The summed E-state index contributed by atoms with van der Waals surface area (Å²) in [4.78, 5) is 2.58. The summed E-state index contributed by atoms with van der Waals surface area (Å²) in [6.07, 6.45) is 2.54. The van der Waals surface area contributed by atoms with Crippen LogP contribution in [-0.2, 0) is 6.54 Å². The number of hydrogen-bond donors (Lipinski definition) is 2. The Bertz CT molecular complexity index is 732. The molecule has 0 radical (unpaired) electrons. The molecular weight excluding hydrogens is 329 g/mol. The molecule has 138 valence electrons. The van der Waals surface area contributed by atoms with Gasteiger partial charge in [-0.1, -0.05) is 30.3 Å². The van der Waals surface area contributed by atoms with Crippen molar-refractivity contribution in [2.24, 2.45) is 5.92 Å². The van der Waals surface area contributed by atoms with Crippen molar-refractivity contribution in [3.05, 3.63) is 65.5 Å². The van der Waals surface area contributed by atoms with E-state index in [4.69, 9.17) is 4.74 Å². The minimum absolute atomic E-state index is 0.188. The maximum atomic E-state index is 13.3. The van der Waals surface area contributed by atoms with Gasteiger partial charge in [-0.05, 0) is 36.6 Å². The second-order valence-corrected chi connectivity index (χ2v) is 7.29. The summed E-state index contributed by atoms with van der Waals surface area (Å²) in [6.45, 7) is 2.82. The summed E-state index contributed by atoms with van der Waals surface area (Å²) in [7, 11) is 1.73. The molecule has 4 rings (SSSR count). The topological polar surface area (TPSA) is 36.5 Å². The first-order chi connectivity index (χ1) is 12.7. The molecule has 0 bridgehead atoms. The average molecular weight is 355 g/mol. The lowest BCUT2D eigenvalue weighted by molar-refractivity contribution is 0.206. The monoisotopic (exact) mass is 355 g/mol. The van der Waals surface area contributed by atoms with Crippen molar-refractivity contribution in [2.45, 2.75) is 31.5 Å². The van der Waals surface area contributed by atoms with E-state index in [-0.39, 0.29) is 11.9 Å². The Hall–Kier alpha value is -1.95. The van der Waals surface area contributed by atoms with Gasteiger partial charge in [-0.3, -0.25) is 10.3 Å². The van der Waals surface area contributed by atoms with Gasteiger partial charge in [0, 0.05) is 37.2 Å². The Kier molecular flexibility index (Phi) is 5.20. The summed E-state index contributed by atoms with van der Waals surface area (Å²) in [5, 5.41) is 0. The van der Waals surface area contributed by atoms with Crippen LogP contribution in [0.3, 0.4) is 0 Å². The highest BCUT2D eigenvalue weighted by Crippen LogP contribution is 2.34. The maximum Gasteiger partial charge on any atom is 0.123 e. The number of para-hydroxylation sites is 1. The highest BCUT2D eigenvalue weighted by molar-refractivity contribution is 5.33. The number of nitrogens with zero attached hydrogens (tertiary/aromatic N) is 1. The molecule has 2 atom stereocenters. The van der Waals surface area contributed by atoms with Crippen LogP contribution in [0.4, 0.5) is 4.39 Å². The van der Waals surface area contributed by atoms with Crippen molar-refractivity contribution in [1.82, 2.24) is 15.8 Å². The smallest absolute Gasteiger partial charge is 0.123 e. The lowest BCUT2D eigenvalue weighted by Crippen LogP contribution is -2.34. The summed E-state index contributed by atoms with van der Waals surface area (Å²) >= 11 is 0. The standard InChI is InChI=1S/C21H26FN3O/c1-26-20-5-3-2-4-16(20)13-25(19-10-11-19)14-17-12-23-24-21(17)15-6-8-18(22)9-7-15/h2-9,17,19,21,23-24H,10-14H2,1H3. The van der Waals surface area contributed by atoms with Gasteiger partial charge in [-0.25, -0.2) is 9.82 Å². The number of ether oxygens (including phenoxy) is 1. The number of hydrogen-bond acceptors (Lipinski definition) is 4. The highest BCUT2D eigenvalue weighted by Gasteiger charge is 2.35. The third-order valence-corrected chi connectivity index (χ3v) is 5.42. The first-order valence-corrected chi connectivity index (χ1v) is 9.34.